The summed E-state index contributed by atoms with van der Waals surface area (Å²) in [5.41, 5.74) is 0. The molecule has 1 fully saturated rings. The summed E-state index contributed by atoms with van der Waals surface area (Å²) in [5, 5.41) is 8.32. The topological polar surface area (TPSA) is 54.4 Å². The highest BCUT2D eigenvalue weighted by Crippen LogP contribution is 2.34. The van der Waals surface area contributed by atoms with Gasteiger partial charge in [0, 0.05) is 12.3 Å². The van der Waals surface area contributed by atoms with Crippen molar-refractivity contribution in [3.63, 3.8) is 0 Å². The number of carbonyl (C=O) groups excluding carboxylic acids is 1. The van der Waals surface area contributed by atoms with Crippen LogP contribution in [0.25, 0.3) is 0 Å². The summed E-state index contributed by atoms with van der Waals surface area (Å²) in [6, 6.07) is 0. The fraction of sp³-hybridized carbons (Fsp3) is 0.714. The minimum absolute atomic E-state index is 0.143. The number of carboxylic acid groups (broad SMARTS) is 1. The Balaban J connectivity index is 2.14. The smallest absolute Gasteiger partial charge is 0.303 e. The molecule has 3 heteroatoms. The molecule has 56 valence electrons. The van der Waals surface area contributed by atoms with E-state index in [1.165, 1.54) is 0 Å². The van der Waals surface area contributed by atoms with Crippen LogP contribution in [0.3, 0.4) is 0 Å². The first-order valence-corrected chi connectivity index (χ1v) is 3.39. The summed E-state index contributed by atoms with van der Waals surface area (Å²) in [6.07, 6.45) is 2.69. The molecule has 0 aromatic heterocycles. The average molecular weight is 142 g/mol. The molecule has 0 spiro atoms. The zero-order chi connectivity index (χ0) is 7.56. The molecule has 3 nitrogen and oxygen atoms in total. The molecule has 0 heterocycles. The number of hydrogen-bond acceptors (Lipinski definition) is 2. The largest absolute Gasteiger partial charge is 0.481 e. The van der Waals surface area contributed by atoms with Crippen molar-refractivity contribution in [3.05, 3.63) is 0 Å². The summed E-state index contributed by atoms with van der Waals surface area (Å²) in [4.78, 5) is 20.2. The van der Waals surface area contributed by atoms with Crippen molar-refractivity contribution in [1.29, 1.82) is 0 Å². The quantitative estimate of drug-likeness (QED) is 0.590. The van der Waals surface area contributed by atoms with Crippen LogP contribution in [0.15, 0.2) is 0 Å². The molecule has 0 aliphatic heterocycles. The van der Waals surface area contributed by atoms with Crippen LogP contribution >= 0.6 is 0 Å². The van der Waals surface area contributed by atoms with E-state index < -0.39 is 5.97 Å². The molecule has 1 N–H and O–H groups in total. The normalized spacial score (nSPS) is 30.8. The highest BCUT2D eigenvalue weighted by atomic mass is 16.4. The molecule has 1 aliphatic rings. The first-order valence-electron chi connectivity index (χ1n) is 3.39. The molecule has 0 atom stereocenters. The molecule has 0 aromatic rings. The van der Waals surface area contributed by atoms with Crippen LogP contribution in [0.5, 0.6) is 0 Å². The molecule has 0 bridgehead atoms. The van der Waals surface area contributed by atoms with Crippen molar-refractivity contribution in [2.75, 3.05) is 0 Å². The van der Waals surface area contributed by atoms with Gasteiger partial charge in [0.05, 0.1) is 0 Å². The van der Waals surface area contributed by atoms with Crippen LogP contribution in [-0.2, 0) is 9.59 Å². The Hall–Kier alpha value is -0.860. The van der Waals surface area contributed by atoms with Crippen molar-refractivity contribution < 1.29 is 14.7 Å². The summed E-state index contributed by atoms with van der Waals surface area (Å²) >= 11 is 0. The molecule has 0 saturated heterocycles. The monoisotopic (exact) mass is 142 g/mol. The Kier molecular flexibility index (Phi) is 2.04. The number of carbonyl (C=O) groups is 2. The van der Waals surface area contributed by atoms with Gasteiger partial charge in [0.1, 0.15) is 6.29 Å². The second-order valence-electron chi connectivity index (χ2n) is 2.83. The minimum atomic E-state index is -0.755. The van der Waals surface area contributed by atoms with Gasteiger partial charge in [-0.25, -0.2) is 0 Å². The maximum Gasteiger partial charge on any atom is 0.303 e. The lowest BCUT2D eigenvalue weighted by Gasteiger charge is -2.29. The van der Waals surface area contributed by atoms with E-state index in [1.54, 1.807) is 0 Å². The lowest BCUT2D eigenvalue weighted by molar-refractivity contribution is -0.139. The van der Waals surface area contributed by atoms with Gasteiger partial charge < -0.3 is 9.90 Å². The fourth-order valence-electron chi connectivity index (χ4n) is 1.31. The predicted octanol–water partition coefficient (Wildman–Crippen LogP) is 0.686. The lowest BCUT2D eigenvalue weighted by atomic mass is 9.74. The fourth-order valence-corrected chi connectivity index (χ4v) is 1.31. The third-order valence-corrected chi connectivity index (χ3v) is 1.93. The third kappa shape index (κ3) is 1.56. The second-order valence-corrected chi connectivity index (χ2v) is 2.83. The summed E-state index contributed by atoms with van der Waals surface area (Å²) in [7, 11) is 0. The molecular formula is C7H10O3. The van der Waals surface area contributed by atoms with Crippen LogP contribution in [-0.4, -0.2) is 17.4 Å². The number of rotatable bonds is 3. The Labute approximate surface area is 59.0 Å². The van der Waals surface area contributed by atoms with Gasteiger partial charge in [0.25, 0.3) is 0 Å². The van der Waals surface area contributed by atoms with Crippen molar-refractivity contribution in [2.45, 2.75) is 19.3 Å². The second kappa shape index (κ2) is 2.82. The van der Waals surface area contributed by atoms with Crippen molar-refractivity contribution >= 4 is 12.3 Å². The Morgan fingerprint density at radius 3 is 2.60 bits per heavy atom. The van der Waals surface area contributed by atoms with Gasteiger partial charge in [-0.1, -0.05) is 0 Å². The molecule has 1 rings (SSSR count). The van der Waals surface area contributed by atoms with Gasteiger partial charge in [-0.3, -0.25) is 4.79 Å². The van der Waals surface area contributed by atoms with E-state index in [4.69, 9.17) is 5.11 Å². The van der Waals surface area contributed by atoms with E-state index in [0.29, 0.717) is 0 Å². The molecular weight excluding hydrogens is 132 g/mol. The minimum Gasteiger partial charge on any atom is -0.481 e. The van der Waals surface area contributed by atoms with Gasteiger partial charge in [-0.15, -0.1) is 0 Å². The van der Waals surface area contributed by atoms with E-state index >= 15 is 0 Å². The maximum absolute atomic E-state index is 10.1. The SMILES string of the molecule is O=CC1CC(CC(=O)O)C1. The van der Waals surface area contributed by atoms with Crippen molar-refractivity contribution in [2.24, 2.45) is 11.8 Å². The van der Waals surface area contributed by atoms with Gasteiger partial charge in [0.2, 0.25) is 0 Å². The highest BCUT2D eigenvalue weighted by Gasteiger charge is 2.29. The standard InChI is InChI=1S/C7H10O3/c8-4-6-1-5(2-6)3-7(9)10/h4-6H,1-3H2,(H,9,10). The first kappa shape index (κ1) is 7.25. The molecule has 0 aromatic carbocycles. The molecule has 10 heavy (non-hydrogen) atoms. The Morgan fingerprint density at radius 2 is 2.20 bits per heavy atom. The Morgan fingerprint density at radius 1 is 1.60 bits per heavy atom. The third-order valence-electron chi connectivity index (χ3n) is 1.93. The lowest BCUT2D eigenvalue weighted by Crippen LogP contribution is -2.26. The van der Waals surface area contributed by atoms with Gasteiger partial charge in [-0.05, 0) is 18.8 Å². The van der Waals surface area contributed by atoms with E-state index in [1.807, 2.05) is 0 Å². The average Bonchev–Trinajstić information content (AvgIpc) is 1.76. The summed E-state index contributed by atoms with van der Waals surface area (Å²) < 4.78 is 0. The zero-order valence-electron chi connectivity index (χ0n) is 5.62. The van der Waals surface area contributed by atoms with Crippen LogP contribution < -0.4 is 0 Å². The van der Waals surface area contributed by atoms with E-state index in [9.17, 15) is 9.59 Å². The van der Waals surface area contributed by atoms with Crippen LogP contribution in [0.1, 0.15) is 19.3 Å². The predicted molar refractivity (Wildman–Crippen MR) is 34.5 cm³/mol. The molecule has 0 amide bonds. The van der Waals surface area contributed by atoms with Crippen molar-refractivity contribution in [1.82, 2.24) is 0 Å². The van der Waals surface area contributed by atoms with Crippen LogP contribution in [0, 0.1) is 11.8 Å². The highest BCUT2D eigenvalue weighted by molar-refractivity contribution is 5.67. The first-order chi connectivity index (χ1) is 4.72. The van der Waals surface area contributed by atoms with Gasteiger partial charge in [0.15, 0.2) is 0 Å². The molecule has 0 radical (unpaired) electrons. The maximum atomic E-state index is 10.1. The summed E-state index contributed by atoms with van der Waals surface area (Å²) in [6.45, 7) is 0. The summed E-state index contributed by atoms with van der Waals surface area (Å²) in [5.74, 6) is -0.355. The number of hydrogen-bond donors (Lipinski definition) is 1. The van der Waals surface area contributed by atoms with Gasteiger partial charge in [-0.2, -0.15) is 0 Å². The Bertz CT molecular complexity index is 147. The van der Waals surface area contributed by atoms with Crippen LogP contribution in [0.4, 0.5) is 0 Å². The van der Waals surface area contributed by atoms with Gasteiger partial charge >= 0.3 is 5.97 Å². The molecule has 1 saturated carbocycles. The molecule has 1 aliphatic carbocycles. The number of aliphatic carboxylic acids is 1. The van der Waals surface area contributed by atoms with E-state index in [-0.39, 0.29) is 18.3 Å². The molecule has 0 unspecified atom stereocenters. The van der Waals surface area contributed by atoms with E-state index in [0.717, 1.165) is 19.1 Å². The van der Waals surface area contributed by atoms with E-state index in [2.05, 4.69) is 0 Å². The zero-order valence-corrected chi connectivity index (χ0v) is 5.62. The number of carboxylic acids is 1. The van der Waals surface area contributed by atoms with Crippen molar-refractivity contribution in [3.8, 4) is 0 Å². The number of aldehydes is 1. The van der Waals surface area contributed by atoms with Crippen LogP contribution in [0.2, 0.25) is 0 Å².